The van der Waals surface area contributed by atoms with Crippen molar-refractivity contribution in [3.05, 3.63) is 32.8 Å². The van der Waals surface area contributed by atoms with Gasteiger partial charge in [0.05, 0.1) is 15.3 Å². The van der Waals surface area contributed by atoms with E-state index >= 15 is 0 Å². The zero-order valence-electron chi connectivity index (χ0n) is 10.1. The molecule has 1 aliphatic rings. The second-order valence-electron chi connectivity index (χ2n) is 4.61. The molecule has 2 atom stereocenters. The molecular formula is C12H14BrN3O3. The maximum Gasteiger partial charge on any atom is 0.285 e. The molecule has 7 heteroatoms. The summed E-state index contributed by atoms with van der Waals surface area (Å²) in [4.78, 5) is 22.3. The van der Waals surface area contributed by atoms with Crippen LogP contribution in [0.4, 0.5) is 11.4 Å². The van der Waals surface area contributed by atoms with Gasteiger partial charge in [-0.2, -0.15) is 0 Å². The van der Waals surface area contributed by atoms with Crippen LogP contribution in [0.25, 0.3) is 0 Å². The van der Waals surface area contributed by atoms with Gasteiger partial charge >= 0.3 is 0 Å². The van der Waals surface area contributed by atoms with E-state index in [4.69, 9.17) is 5.73 Å². The van der Waals surface area contributed by atoms with Crippen LogP contribution in [-0.2, 0) is 4.79 Å². The van der Waals surface area contributed by atoms with Crippen molar-refractivity contribution in [2.75, 3.05) is 5.32 Å². The van der Waals surface area contributed by atoms with Crippen molar-refractivity contribution in [3.63, 3.8) is 0 Å². The van der Waals surface area contributed by atoms with Gasteiger partial charge in [-0.05, 0) is 40.9 Å². The minimum absolute atomic E-state index is 0.0754. The third kappa shape index (κ3) is 3.10. The zero-order valence-corrected chi connectivity index (χ0v) is 11.7. The van der Waals surface area contributed by atoms with Gasteiger partial charge in [0.1, 0.15) is 0 Å². The fourth-order valence-electron chi connectivity index (χ4n) is 2.28. The molecule has 2 rings (SSSR count). The van der Waals surface area contributed by atoms with Crippen LogP contribution < -0.4 is 11.1 Å². The Labute approximate surface area is 118 Å². The number of nitrogens with two attached hydrogens (primary N) is 1. The monoisotopic (exact) mass is 327 g/mol. The van der Waals surface area contributed by atoms with E-state index in [2.05, 4.69) is 21.2 Å². The summed E-state index contributed by atoms with van der Waals surface area (Å²) in [6.45, 7) is 0. The first-order chi connectivity index (χ1) is 8.99. The second kappa shape index (κ2) is 5.66. The van der Waals surface area contributed by atoms with E-state index in [0.29, 0.717) is 10.2 Å². The van der Waals surface area contributed by atoms with Crippen molar-refractivity contribution < 1.29 is 9.72 Å². The standard InChI is InChI=1S/C12H14BrN3O3/c13-9-5-4-7(6-11(9)16(18)19)15-12(17)8-2-1-3-10(8)14/h4-6,8,10H,1-3,14H2,(H,15,17). The summed E-state index contributed by atoms with van der Waals surface area (Å²) in [5.74, 6) is -0.371. The molecule has 1 amide bonds. The Balaban J connectivity index is 2.13. The molecule has 0 spiro atoms. The number of nitro benzene ring substituents is 1. The first kappa shape index (κ1) is 14.0. The molecule has 0 aliphatic heterocycles. The predicted molar refractivity (Wildman–Crippen MR) is 74.7 cm³/mol. The van der Waals surface area contributed by atoms with Crippen molar-refractivity contribution in [2.45, 2.75) is 25.3 Å². The number of rotatable bonds is 3. The molecule has 1 saturated carbocycles. The molecule has 102 valence electrons. The van der Waals surface area contributed by atoms with E-state index in [1.54, 1.807) is 12.1 Å². The quantitative estimate of drug-likeness (QED) is 0.657. The highest BCUT2D eigenvalue weighted by Crippen LogP contribution is 2.29. The SMILES string of the molecule is NC1CCCC1C(=O)Nc1ccc(Br)c([N+](=O)[O-])c1. The van der Waals surface area contributed by atoms with Crippen LogP contribution in [0.2, 0.25) is 0 Å². The largest absolute Gasteiger partial charge is 0.327 e. The molecule has 1 fully saturated rings. The maximum atomic E-state index is 12.0. The Morgan fingerprint density at radius 2 is 2.21 bits per heavy atom. The second-order valence-corrected chi connectivity index (χ2v) is 5.47. The van der Waals surface area contributed by atoms with Crippen LogP contribution in [-0.4, -0.2) is 16.9 Å². The highest BCUT2D eigenvalue weighted by atomic mass is 79.9. The summed E-state index contributed by atoms with van der Waals surface area (Å²) in [6, 6.07) is 4.38. The van der Waals surface area contributed by atoms with E-state index in [1.807, 2.05) is 0 Å². The number of nitrogens with one attached hydrogen (secondary N) is 1. The number of hydrogen-bond donors (Lipinski definition) is 2. The van der Waals surface area contributed by atoms with Crippen molar-refractivity contribution in [1.82, 2.24) is 0 Å². The molecule has 1 aromatic carbocycles. The highest BCUT2D eigenvalue weighted by Gasteiger charge is 2.30. The lowest BCUT2D eigenvalue weighted by molar-refractivity contribution is -0.385. The molecule has 6 nitrogen and oxygen atoms in total. The zero-order chi connectivity index (χ0) is 14.0. The molecular weight excluding hydrogens is 314 g/mol. The number of nitrogens with zero attached hydrogens (tertiary/aromatic N) is 1. The molecule has 1 aromatic rings. The first-order valence-corrected chi connectivity index (χ1v) is 6.78. The smallest absolute Gasteiger partial charge is 0.285 e. The number of carbonyl (C=O) groups excluding carboxylic acids is 1. The Morgan fingerprint density at radius 3 is 2.79 bits per heavy atom. The number of halogens is 1. The molecule has 0 aromatic heterocycles. The molecule has 19 heavy (non-hydrogen) atoms. The number of benzene rings is 1. The van der Waals surface area contributed by atoms with Gasteiger partial charge in [-0.15, -0.1) is 0 Å². The summed E-state index contributed by atoms with van der Waals surface area (Å²) in [6.07, 6.45) is 2.56. The van der Waals surface area contributed by atoms with Gasteiger partial charge in [-0.3, -0.25) is 14.9 Å². The lowest BCUT2D eigenvalue weighted by Crippen LogP contribution is -2.34. The molecule has 3 N–H and O–H groups in total. The molecule has 0 heterocycles. The fraction of sp³-hybridized carbons (Fsp3) is 0.417. The topological polar surface area (TPSA) is 98.3 Å². The van der Waals surface area contributed by atoms with Crippen molar-refractivity contribution >= 4 is 33.2 Å². The van der Waals surface area contributed by atoms with Crippen LogP contribution in [0.1, 0.15) is 19.3 Å². The van der Waals surface area contributed by atoms with Crippen molar-refractivity contribution in [3.8, 4) is 0 Å². The Morgan fingerprint density at radius 1 is 1.47 bits per heavy atom. The lowest BCUT2D eigenvalue weighted by Gasteiger charge is -2.15. The number of carbonyl (C=O) groups is 1. The van der Waals surface area contributed by atoms with Crippen LogP contribution >= 0.6 is 15.9 Å². The number of hydrogen-bond acceptors (Lipinski definition) is 4. The Hall–Kier alpha value is -1.47. The lowest BCUT2D eigenvalue weighted by atomic mass is 10.0. The van der Waals surface area contributed by atoms with Gasteiger partial charge < -0.3 is 11.1 Å². The van der Waals surface area contributed by atoms with Crippen LogP contribution in [0.3, 0.4) is 0 Å². The molecule has 1 aliphatic carbocycles. The Kier molecular flexibility index (Phi) is 4.16. The van der Waals surface area contributed by atoms with E-state index in [9.17, 15) is 14.9 Å². The fourth-order valence-corrected chi connectivity index (χ4v) is 2.67. The van der Waals surface area contributed by atoms with E-state index in [-0.39, 0.29) is 23.6 Å². The van der Waals surface area contributed by atoms with Gasteiger partial charge in [0, 0.05) is 17.8 Å². The van der Waals surface area contributed by atoms with Crippen molar-refractivity contribution in [1.29, 1.82) is 0 Å². The summed E-state index contributed by atoms with van der Waals surface area (Å²) in [5, 5.41) is 13.5. The number of amides is 1. The van der Waals surface area contributed by atoms with E-state index in [1.165, 1.54) is 6.07 Å². The predicted octanol–water partition coefficient (Wildman–Crippen LogP) is 2.42. The average molecular weight is 328 g/mol. The highest BCUT2D eigenvalue weighted by molar-refractivity contribution is 9.10. The van der Waals surface area contributed by atoms with Crippen LogP contribution in [0.15, 0.2) is 22.7 Å². The van der Waals surface area contributed by atoms with Gasteiger partial charge in [0.2, 0.25) is 5.91 Å². The van der Waals surface area contributed by atoms with E-state index in [0.717, 1.165) is 19.3 Å². The molecule has 0 radical (unpaired) electrons. The maximum absolute atomic E-state index is 12.0. The van der Waals surface area contributed by atoms with Gasteiger partial charge in [0.15, 0.2) is 0 Å². The Bertz CT molecular complexity index is 521. The molecule has 0 bridgehead atoms. The number of anilines is 1. The third-order valence-electron chi connectivity index (χ3n) is 3.32. The number of nitro groups is 1. The van der Waals surface area contributed by atoms with Crippen molar-refractivity contribution in [2.24, 2.45) is 11.7 Å². The van der Waals surface area contributed by atoms with Gasteiger partial charge in [0.25, 0.3) is 5.69 Å². The summed E-state index contributed by atoms with van der Waals surface area (Å²) in [7, 11) is 0. The molecule has 2 unspecified atom stereocenters. The van der Waals surface area contributed by atoms with Gasteiger partial charge in [-0.1, -0.05) is 6.42 Å². The minimum atomic E-state index is -0.499. The molecule has 0 saturated heterocycles. The first-order valence-electron chi connectivity index (χ1n) is 5.99. The van der Waals surface area contributed by atoms with E-state index < -0.39 is 4.92 Å². The third-order valence-corrected chi connectivity index (χ3v) is 3.99. The average Bonchev–Trinajstić information content (AvgIpc) is 2.77. The minimum Gasteiger partial charge on any atom is -0.327 e. The van der Waals surface area contributed by atoms with Gasteiger partial charge in [-0.25, -0.2) is 0 Å². The summed E-state index contributed by atoms with van der Waals surface area (Å²) >= 11 is 3.10. The summed E-state index contributed by atoms with van der Waals surface area (Å²) in [5.41, 5.74) is 6.20. The summed E-state index contributed by atoms with van der Waals surface area (Å²) < 4.78 is 0.382. The normalized spacial score (nSPS) is 22.2. The van der Waals surface area contributed by atoms with Crippen LogP contribution in [0, 0.1) is 16.0 Å². The van der Waals surface area contributed by atoms with Crippen LogP contribution in [0.5, 0.6) is 0 Å².